The Morgan fingerprint density at radius 1 is 1.00 bits per heavy atom. The second-order valence-electron chi connectivity index (χ2n) is 13.5. The summed E-state index contributed by atoms with van der Waals surface area (Å²) in [5.74, 6) is 0.353. The number of hydrogen-bond acceptors (Lipinski definition) is 4. The first-order valence-electron chi connectivity index (χ1n) is 14.8. The zero-order valence-electron chi connectivity index (χ0n) is 25.9. The van der Waals surface area contributed by atoms with E-state index >= 15 is 0 Å². The molecule has 5 heteroatoms. The van der Waals surface area contributed by atoms with Crippen LogP contribution in [0.4, 0.5) is 0 Å². The van der Waals surface area contributed by atoms with E-state index in [1.807, 2.05) is 0 Å². The van der Waals surface area contributed by atoms with Gasteiger partial charge in [0.15, 0.2) is 0 Å². The molecule has 0 amide bonds. The van der Waals surface area contributed by atoms with Gasteiger partial charge in [0.05, 0.1) is 12.2 Å². The molecule has 0 radical (unpaired) electrons. The molecule has 3 atom stereocenters. The van der Waals surface area contributed by atoms with Crippen molar-refractivity contribution in [3.05, 3.63) is 84.0 Å². The summed E-state index contributed by atoms with van der Waals surface area (Å²) in [6, 6.07) is 21.5. The standard InChI is InChI=1S/C35H50O4Si/c1-27(35(36)25-31-28(16-15-22-38-26-37-8)24-34(35,7)33(31,5)6)21-23-39-40(32(2,3)4,29-17-11-9-12-18-29)30-19-13-10-14-20-30/h9-14,17-21,24,31,36H,15-16,22-23,25-26H2,1-8H3/b27-21-/t31?,34-,35+/m0/s1. The van der Waals surface area contributed by atoms with Crippen molar-refractivity contribution in [1.29, 1.82) is 0 Å². The van der Waals surface area contributed by atoms with Gasteiger partial charge in [-0.25, -0.2) is 0 Å². The van der Waals surface area contributed by atoms with Gasteiger partial charge >= 0.3 is 0 Å². The molecule has 1 N–H and O–H groups in total. The van der Waals surface area contributed by atoms with E-state index in [1.54, 1.807) is 7.11 Å². The van der Waals surface area contributed by atoms with Crippen molar-refractivity contribution in [1.82, 2.24) is 0 Å². The molecule has 2 aromatic carbocycles. The Kier molecular flexibility index (Phi) is 9.04. The molecule has 2 aromatic rings. The van der Waals surface area contributed by atoms with E-state index in [2.05, 4.69) is 121 Å². The molecule has 1 fully saturated rings. The molecule has 4 rings (SSSR count). The van der Waals surface area contributed by atoms with Crippen LogP contribution < -0.4 is 10.4 Å². The average molecular weight is 563 g/mol. The number of methoxy groups -OCH3 is 1. The predicted octanol–water partition coefficient (Wildman–Crippen LogP) is 6.63. The number of fused-ring (bicyclic) bond motifs is 2. The second-order valence-corrected chi connectivity index (χ2v) is 17.8. The quantitative estimate of drug-likeness (QED) is 0.136. The summed E-state index contributed by atoms with van der Waals surface area (Å²) in [6.45, 7) is 17.4. The second kappa shape index (κ2) is 11.7. The van der Waals surface area contributed by atoms with Gasteiger partial charge in [-0.15, -0.1) is 0 Å². The number of rotatable bonds is 12. The lowest BCUT2D eigenvalue weighted by molar-refractivity contribution is -0.0313. The predicted molar refractivity (Wildman–Crippen MR) is 167 cm³/mol. The molecule has 0 aliphatic heterocycles. The smallest absolute Gasteiger partial charge is 0.261 e. The third-order valence-corrected chi connectivity index (χ3v) is 15.2. The Labute approximate surface area is 243 Å². The largest absolute Gasteiger partial charge is 0.404 e. The van der Waals surface area contributed by atoms with Gasteiger partial charge in [-0.3, -0.25) is 0 Å². The molecule has 4 nitrogen and oxygen atoms in total. The highest BCUT2D eigenvalue weighted by Gasteiger charge is 2.68. The first-order valence-corrected chi connectivity index (χ1v) is 16.7. The van der Waals surface area contributed by atoms with Gasteiger partial charge in [0, 0.05) is 19.1 Å². The summed E-state index contributed by atoms with van der Waals surface area (Å²) < 4.78 is 17.6. The molecule has 1 unspecified atom stereocenters. The molecule has 218 valence electrons. The Balaban J connectivity index is 1.60. The van der Waals surface area contributed by atoms with Gasteiger partial charge in [0.1, 0.15) is 6.79 Å². The van der Waals surface area contributed by atoms with Crippen LogP contribution >= 0.6 is 0 Å². The lowest BCUT2D eigenvalue weighted by Crippen LogP contribution is -2.66. The van der Waals surface area contributed by atoms with Gasteiger partial charge < -0.3 is 19.0 Å². The molecule has 0 spiro atoms. The van der Waals surface area contributed by atoms with E-state index in [1.165, 1.54) is 15.9 Å². The minimum atomic E-state index is -2.64. The lowest BCUT2D eigenvalue weighted by atomic mass is 9.63. The summed E-state index contributed by atoms with van der Waals surface area (Å²) in [6.07, 6.45) is 7.27. The molecular weight excluding hydrogens is 512 g/mol. The van der Waals surface area contributed by atoms with Gasteiger partial charge in [-0.05, 0) is 58.5 Å². The van der Waals surface area contributed by atoms with Crippen molar-refractivity contribution in [3.8, 4) is 0 Å². The van der Waals surface area contributed by atoms with Crippen LogP contribution in [0.15, 0.2) is 84.0 Å². The molecule has 2 aliphatic carbocycles. The maximum absolute atomic E-state index is 12.3. The fourth-order valence-corrected chi connectivity index (χ4v) is 12.1. The maximum atomic E-state index is 12.3. The van der Waals surface area contributed by atoms with E-state index in [0.717, 1.165) is 24.8 Å². The van der Waals surface area contributed by atoms with E-state index in [4.69, 9.17) is 13.9 Å². The number of ether oxygens (including phenoxy) is 2. The van der Waals surface area contributed by atoms with E-state index in [9.17, 15) is 5.11 Å². The first kappa shape index (κ1) is 30.9. The Bertz CT molecular complexity index is 1160. The van der Waals surface area contributed by atoms with Crippen LogP contribution in [0.1, 0.15) is 67.7 Å². The molecule has 0 saturated heterocycles. The van der Waals surface area contributed by atoms with Crippen LogP contribution in [-0.4, -0.2) is 46.1 Å². The average Bonchev–Trinajstić information content (AvgIpc) is 3.21. The number of hydrogen-bond donors (Lipinski definition) is 1. The maximum Gasteiger partial charge on any atom is 0.261 e. The van der Waals surface area contributed by atoms with Crippen molar-refractivity contribution in [2.24, 2.45) is 16.7 Å². The Morgan fingerprint density at radius 2 is 1.57 bits per heavy atom. The minimum Gasteiger partial charge on any atom is -0.404 e. The fraction of sp³-hybridized carbons (Fsp3) is 0.543. The third-order valence-electron chi connectivity index (χ3n) is 10.2. The van der Waals surface area contributed by atoms with Crippen molar-refractivity contribution in [2.75, 3.05) is 27.1 Å². The van der Waals surface area contributed by atoms with Crippen LogP contribution in [-0.2, 0) is 13.9 Å². The minimum absolute atomic E-state index is 0.0293. The number of benzene rings is 2. The number of allylic oxidation sites excluding steroid dienone is 1. The van der Waals surface area contributed by atoms with Crippen molar-refractivity contribution >= 4 is 18.7 Å². The molecule has 2 aliphatic rings. The van der Waals surface area contributed by atoms with E-state index in [-0.39, 0.29) is 15.9 Å². The normalized spacial score (nSPS) is 26.3. The molecular formula is C35H50O4Si. The summed E-state index contributed by atoms with van der Waals surface area (Å²) in [4.78, 5) is 0. The summed E-state index contributed by atoms with van der Waals surface area (Å²) >= 11 is 0. The first-order chi connectivity index (χ1) is 18.8. The van der Waals surface area contributed by atoms with Crippen molar-refractivity contribution in [3.63, 3.8) is 0 Å². The zero-order chi connectivity index (χ0) is 29.2. The molecule has 0 heterocycles. The highest BCUT2D eigenvalue weighted by molar-refractivity contribution is 6.99. The SMILES string of the molecule is COCOCCCC1=C[C@@]2(C)C(C)(C)C1C[C@@]2(O)/C(C)=C\CO[Si](c1ccccc1)(c1ccccc1)C(C)(C)C. The number of aliphatic hydroxyl groups is 1. The fourth-order valence-electron chi connectivity index (χ4n) is 7.59. The summed E-state index contributed by atoms with van der Waals surface area (Å²) in [5, 5.41) is 14.8. The molecule has 2 bridgehead atoms. The van der Waals surface area contributed by atoms with Crippen LogP contribution in [0, 0.1) is 16.7 Å². The Morgan fingerprint density at radius 3 is 2.05 bits per heavy atom. The van der Waals surface area contributed by atoms with Crippen molar-refractivity contribution < 1.29 is 19.0 Å². The van der Waals surface area contributed by atoms with E-state index in [0.29, 0.717) is 25.9 Å². The highest BCUT2D eigenvalue weighted by Crippen LogP contribution is 2.70. The van der Waals surface area contributed by atoms with Crippen LogP contribution in [0.2, 0.25) is 5.04 Å². The topological polar surface area (TPSA) is 47.9 Å². The van der Waals surface area contributed by atoms with Crippen LogP contribution in [0.3, 0.4) is 0 Å². The molecule has 1 saturated carbocycles. The van der Waals surface area contributed by atoms with E-state index < -0.39 is 13.9 Å². The molecule has 40 heavy (non-hydrogen) atoms. The van der Waals surface area contributed by atoms with Gasteiger partial charge in [0.25, 0.3) is 8.32 Å². The highest BCUT2D eigenvalue weighted by atomic mass is 28.4. The van der Waals surface area contributed by atoms with Crippen LogP contribution in [0.5, 0.6) is 0 Å². The third kappa shape index (κ3) is 5.09. The monoisotopic (exact) mass is 562 g/mol. The summed E-state index contributed by atoms with van der Waals surface area (Å²) in [5.41, 5.74) is 1.22. The van der Waals surface area contributed by atoms with Crippen LogP contribution in [0.25, 0.3) is 0 Å². The summed E-state index contributed by atoms with van der Waals surface area (Å²) in [7, 11) is -0.987. The molecule has 0 aromatic heterocycles. The lowest BCUT2D eigenvalue weighted by Gasteiger charge is -2.45. The zero-order valence-corrected chi connectivity index (χ0v) is 26.9. The van der Waals surface area contributed by atoms with Gasteiger partial charge in [-0.1, -0.05) is 120 Å². The van der Waals surface area contributed by atoms with Gasteiger partial charge in [-0.2, -0.15) is 0 Å². The Hall–Kier alpha value is -2.02. The van der Waals surface area contributed by atoms with Gasteiger partial charge in [0.2, 0.25) is 0 Å². The van der Waals surface area contributed by atoms with Crippen molar-refractivity contribution in [2.45, 2.75) is 78.4 Å².